The van der Waals surface area contributed by atoms with Gasteiger partial charge in [0.15, 0.2) is 0 Å². The zero-order chi connectivity index (χ0) is 12.4. The largest absolute Gasteiger partial charge is 0.396 e. The number of nitrogens with zero attached hydrogens (tertiary/aromatic N) is 2. The van der Waals surface area contributed by atoms with Crippen molar-refractivity contribution in [3.05, 3.63) is 11.3 Å². The summed E-state index contributed by atoms with van der Waals surface area (Å²) in [7, 11) is 1.60. The summed E-state index contributed by atoms with van der Waals surface area (Å²) in [6, 6.07) is 0. The van der Waals surface area contributed by atoms with Crippen LogP contribution in [-0.4, -0.2) is 36.8 Å². The predicted octanol–water partition coefficient (Wildman–Crippen LogP) is 1.94. The Balaban J connectivity index is 4.43. The highest BCUT2D eigenvalue weighted by atomic mass is 35.5. The normalized spacial score (nSPS) is 14.2. The van der Waals surface area contributed by atoms with Crippen molar-refractivity contribution in [3.63, 3.8) is 0 Å². The van der Waals surface area contributed by atoms with Gasteiger partial charge in [-0.2, -0.15) is 0 Å². The fourth-order valence-electron chi connectivity index (χ4n) is 1.11. The number of rotatable bonds is 6. The van der Waals surface area contributed by atoms with Crippen LogP contribution in [0.25, 0.3) is 0 Å². The summed E-state index contributed by atoms with van der Waals surface area (Å²) in [5.41, 5.74) is 2.14. The smallest absolute Gasteiger partial charge is 0.217 e. The van der Waals surface area contributed by atoms with Crippen LogP contribution < -0.4 is 5.32 Å². The van der Waals surface area contributed by atoms with Gasteiger partial charge in [0.25, 0.3) is 0 Å². The summed E-state index contributed by atoms with van der Waals surface area (Å²) in [6.45, 7) is 4.99. The molecule has 0 unspecified atom stereocenters. The molecule has 0 heterocycles. The van der Waals surface area contributed by atoms with Gasteiger partial charge < -0.3 is 10.4 Å². The Labute approximate surface area is 102 Å². The quantitative estimate of drug-likeness (QED) is 0.325. The number of aliphatic hydroxyl groups is 1. The van der Waals surface area contributed by atoms with Crippen LogP contribution in [0.5, 0.6) is 0 Å². The van der Waals surface area contributed by atoms with E-state index in [4.69, 9.17) is 16.7 Å². The van der Waals surface area contributed by atoms with E-state index in [0.717, 1.165) is 30.7 Å². The topological polar surface area (TPSA) is 57.0 Å². The zero-order valence-corrected chi connectivity index (χ0v) is 10.9. The van der Waals surface area contributed by atoms with Crippen molar-refractivity contribution in [1.29, 1.82) is 0 Å². The van der Waals surface area contributed by atoms with E-state index in [9.17, 15) is 0 Å². The Morgan fingerprint density at radius 3 is 2.69 bits per heavy atom. The third kappa shape index (κ3) is 6.58. The maximum Gasteiger partial charge on any atom is 0.217 e. The molecule has 0 atom stereocenters. The van der Waals surface area contributed by atoms with E-state index in [1.807, 2.05) is 6.92 Å². The van der Waals surface area contributed by atoms with Gasteiger partial charge in [-0.3, -0.25) is 4.99 Å². The summed E-state index contributed by atoms with van der Waals surface area (Å²) < 4.78 is 0. The van der Waals surface area contributed by atoms with Crippen molar-refractivity contribution in [2.24, 2.45) is 9.98 Å². The van der Waals surface area contributed by atoms with Crippen molar-refractivity contribution in [1.82, 2.24) is 5.32 Å². The van der Waals surface area contributed by atoms with Gasteiger partial charge in [0.05, 0.1) is 0 Å². The molecule has 0 saturated heterocycles. The summed E-state index contributed by atoms with van der Waals surface area (Å²) in [6.07, 6.45) is 3.33. The van der Waals surface area contributed by atoms with Gasteiger partial charge in [-0.1, -0.05) is 6.92 Å². The molecule has 0 fully saturated rings. The molecule has 0 aliphatic rings. The molecule has 0 aromatic heterocycles. The molecule has 0 bridgehead atoms. The van der Waals surface area contributed by atoms with Crippen LogP contribution in [0.15, 0.2) is 21.3 Å². The van der Waals surface area contributed by atoms with Crippen molar-refractivity contribution in [3.8, 4) is 0 Å². The third-order valence-electron chi connectivity index (χ3n) is 2.10. The highest BCUT2D eigenvalue weighted by Crippen LogP contribution is 2.04. The first kappa shape index (κ1) is 15.1. The summed E-state index contributed by atoms with van der Waals surface area (Å²) >= 11 is 5.67. The zero-order valence-electron chi connectivity index (χ0n) is 10.1. The van der Waals surface area contributed by atoms with Gasteiger partial charge in [-0.15, -0.1) is 0 Å². The van der Waals surface area contributed by atoms with Crippen LogP contribution in [0.3, 0.4) is 0 Å². The van der Waals surface area contributed by atoms with Gasteiger partial charge >= 0.3 is 0 Å². The van der Waals surface area contributed by atoms with Gasteiger partial charge in [-0.25, -0.2) is 4.99 Å². The van der Waals surface area contributed by atoms with E-state index in [0.29, 0.717) is 0 Å². The Hall–Kier alpha value is -0.870. The molecule has 0 aliphatic carbocycles. The van der Waals surface area contributed by atoms with Crippen molar-refractivity contribution in [2.75, 3.05) is 20.2 Å². The van der Waals surface area contributed by atoms with Crippen molar-refractivity contribution < 1.29 is 5.11 Å². The van der Waals surface area contributed by atoms with Gasteiger partial charge in [0.1, 0.15) is 0 Å². The van der Waals surface area contributed by atoms with Crippen LogP contribution >= 0.6 is 11.6 Å². The number of aliphatic imine (C=N–C) groups is 2. The molecule has 2 N–H and O–H groups in total. The SMILES string of the molecule is CCC(/C=N\C(Cl)=NC)=C(/C)NCCCO. The second-order valence-electron chi connectivity index (χ2n) is 3.26. The fraction of sp³-hybridized carbons (Fsp3) is 0.636. The minimum absolute atomic E-state index is 0.199. The molecule has 16 heavy (non-hydrogen) atoms. The molecule has 5 heteroatoms. The highest BCUT2D eigenvalue weighted by molar-refractivity contribution is 6.65. The van der Waals surface area contributed by atoms with Crippen LogP contribution in [-0.2, 0) is 0 Å². The van der Waals surface area contributed by atoms with Crippen LogP contribution in [0.4, 0.5) is 0 Å². The fourth-order valence-corrected chi connectivity index (χ4v) is 1.16. The second kappa shape index (κ2) is 9.36. The Bertz CT molecular complexity index is 285. The Morgan fingerprint density at radius 1 is 1.50 bits per heavy atom. The van der Waals surface area contributed by atoms with Crippen molar-refractivity contribution in [2.45, 2.75) is 26.7 Å². The molecular formula is C11H20ClN3O. The molecule has 0 aromatic rings. The first-order valence-electron chi connectivity index (χ1n) is 5.36. The maximum absolute atomic E-state index is 8.67. The number of halogens is 1. The lowest BCUT2D eigenvalue weighted by Gasteiger charge is -2.08. The standard InChI is InChI=1S/C11H20ClN3O/c1-4-10(8-15-11(12)13-3)9(2)14-6-5-7-16/h8,14,16H,4-7H2,1-3H3/b10-9+,13-11?,15-8-. The van der Waals surface area contributed by atoms with Crippen LogP contribution in [0.2, 0.25) is 0 Å². The lowest BCUT2D eigenvalue weighted by Crippen LogP contribution is -2.16. The molecule has 0 spiro atoms. The van der Waals surface area contributed by atoms with E-state index >= 15 is 0 Å². The van der Waals surface area contributed by atoms with E-state index in [1.54, 1.807) is 13.3 Å². The Kier molecular flexibility index (Phi) is 8.85. The first-order chi connectivity index (χ1) is 7.65. The third-order valence-corrected chi connectivity index (χ3v) is 2.37. The van der Waals surface area contributed by atoms with Crippen molar-refractivity contribution >= 4 is 23.1 Å². The van der Waals surface area contributed by atoms with Gasteiger partial charge in [0, 0.05) is 32.1 Å². The number of hydrogen-bond donors (Lipinski definition) is 2. The molecular weight excluding hydrogens is 226 g/mol. The maximum atomic E-state index is 8.67. The molecule has 0 aliphatic heterocycles. The number of amidine groups is 1. The van der Waals surface area contributed by atoms with E-state index in [1.165, 1.54) is 0 Å². The lowest BCUT2D eigenvalue weighted by molar-refractivity contribution is 0.288. The summed E-state index contributed by atoms with van der Waals surface area (Å²) in [5.74, 6) is 0. The molecule has 0 aromatic carbocycles. The van der Waals surface area contributed by atoms with Gasteiger partial charge in [-0.05, 0) is 36.9 Å². The number of nitrogens with one attached hydrogen (secondary N) is 1. The monoisotopic (exact) mass is 245 g/mol. The number of aliphatic hydroxyl groups excluding tert-OH is 1. The summed E-state index contributed by atoms with van der Waals surface area (Å²) in [5, 5.41) is 12.1. The van der Waals surface area contributed by atoms with Crippen LogP contribution in [0, 0.1) is 0 Å². The van der Waals surface area contributed by atoms with Gasteiger partial charge in [0.2, 0.25) is 5.29 Å². The average Bonchev–Trinajstić information content (AvgIpc) is 2.29. The molecule has 0 rings (SSSR count). The van der Waals surface area contributed by atoms with E-state index in [2.05, 4.69) is 22.2 Å². The van der Waals surface area contributed by atoms with E-state index < -0.39 is 0 Å². The van der Waals surface area contributed by atoms with E-state index in [-0.39, 0.29) is 11.9 Å². The minimum Gasteiger partial charge on any atom is -0.396 e. The number of allylic oxidation sites excluding steroid dienone is 2. The summed E-state index contributed by atoms with van der Waals surface area (Å²) in [4.78, 5) is 7.74. The number of hydrogen-bond acceptors (Lipinski definition) is 3. The Morgan fingerprint density at radius 2 is 2.19 bits per heavy atom. The molecule has 0 amide bonds. The molecule has 0 saturated carbocycles. The van der Waals surface area contributed by atoms with Crippen LogP contribution in [0.1, 0.15) is 26.7 Å². The second-order valence-corrected chi connectivity index (χ2v) is 3.60. The molecule has 0 radical (unpaired) electrons. The minimum atomic E-state index is 0.199. The average molecular weight is 246 g/mol. The molecule has 4 nitrogen and oxygen atoms in total. The predicted molar refractivity (Wildman–Crippen MR) is 70.4 cm³/mol. The first-order valence-corrected chi connectivity index (χ1v) is 5.74. The lowest BCUT2D eigenvalue weighted by atomic mass is 10.2. The highest BCUT2D eigenvalue weighted by Gasteiger charge is 1.97. The molecule has 92 valence electrons.